The number of hydrogen-bond acceptors (Lipinski definition) is 2. The van der Waals surface area contributed by atoms with Gasteiger partial charge in [0, 0.05) is 30.8 Å². The van der Waals surface area contributed by atoms with Crippen LogP contribution in [-0.4, -0.2) is 17.3 Å². The molecule has 0 fully saturated rings. The lowest BCUT2D eigenvalue weighted by Crippen LogP contribution is -2.24. The average molecular weight is 242 g/mol. The molecule has 0 radical (unpaired) electrons. The van der Waals surface area contributed by atoms with E-state index >= 15 is 0 Å². The monoisotopic (exact) mass is 242 g/mol. The number of rotatable bonds is 4. The Bertz CT molecular complexity index is 590. The fourth-order valence-electron chi connectivity index (χ4n) is 2.01. The van der Waals surface area contributed by atoms with Crippen molar-refractivity contribution in [2.24, 2.45) is 0 Å². The van der Waals surface area contributed by atoms with Crippen molar-refractivity contribution in [2.45, 2.75) is 32.4 Å². The van der Waals surface area contributed by atoms with Gasteiger partial charge in [0.1, 0.15) is 0 Å². The molecule has 2 aromatic rings. The van der Waals surface area contributed by atoms with Crippen molar-refractivity contribution in [2.75, 3.05) is 7.11 Å². The second-order valence-corrected chi connectivity index (χ2v) is 5.07. The molecular weight excluding hydrogens is 224 g/mol. The Hall–Kier alpha value is -1.79. The van der Waals surface area contributed by atoms with E-state index in [1.54, 1.807) is 7.11 Å². The van der Waals surface area contributed by atoms with Crippen molar-refractivity contribution in [1.82, 2.24) is 4.57 Å². The summed E-state index contributed by atoms with van der Waals surface area (Å²) in [6.07, 6.45) is 2.97. The van der Waals surface area contributed by atoms with Crippen molar-refractivity contribution >= 4 is 10.9 Å². The molecule has 94 valence electrons. The van der Waals surface area contributed by atoms with E-state index in [9.17, 15) is 0 Å². The van der Waals surface area contributed by atoms with E-state index in [-0.39, 0.29) is 5.60 Å². The number of hydrogen-bond donors (Lipinski definition) is 0. The molecule has 3 nitrogen and oxygen atoms in total. The normalized spacial score (nSPS) is 11.7. The number of methoxy groups -OCH3 is 1. The van der Waals surface area contributed by atoms with Crippen LogP contribution in [0.25, 0.3) is 10.9 Å². The molecule has 1 aromatic heterocycles. The molecule has 0 aliphatic carbocycles. The van der Waals surface area contributed by atoms with Crippen molar-refractivity contribution < 1.29 is 4.74 Å². The highest BCUT2D eigenvalue weighted by Gasteiger charge is 2.16. The number of aryl methyl sites for hydroxylation is 1. The third kappa shape index (κ3) is 2.39. The van der Waals surface area contributed by atoms with Crippen LogP contribution in [0.1, 0.15) is 25.8 Å². The first-order chi connectivity index (χ1) is 8.57. The van der Waals surface area contributed by atoms with E-state index in [1.807, 2.05) is 24.4 Å². The fourth-order valence-corrected chi connectivity index (χ4v) is 2.01. The molecule has 2 rings (SSSR count). The number of ether oxygens (including phenoxy) is 1. The van der Waals surface area contributed by atoms with E-state index < -0.39 is 0 Å². The highest BCUT2D eigenvalue weighted by molar-refractivity contribution is 5.85. The van der Waals surface area contributed by atoms with Crippen LogP contribution in [-0.2, 0) is 11.3 Å². The molecule has 0 aliphatic rings. The molecule has 1 heterocycles. The first-order valence-electron chi connectivity index (χ1n) is 6.10. The summed E-state index contributed by atoms with van der Waals surface area (Å²) in [6, 6.07) is 10.1. The quantitative estimate of drug-likeness (QED) is 0.824. The molecule has 0 N–H and O–H groups in total. The average Bonchev–Trinajstić information content (AvgIpc) is 2.79. The lowest BCUT2D eigenvalue weighted by atomic mass is 10.1. The van der Waals surface area contributed by atoms with Crippen LogP contribution >= 0.6 is 0 Å². The molecule has 0 spiro atoms. The lowest BCUT2D eigenvalue weighted by molar-refractivity contribution is 0.0123. The van der Waals surface area contributed by atoms with E-state index in [0.29, 0.717) is 0 Å². The summed E-state index contributed by atoms with van der Waals surface area (Å²) in [5.74, 6) is 0. The molecule has 0 saturated heterocycles. The summed E-state index contributed by atoms with van der Waals surface area (Å²) in [7, 11) is 1.74. The van der Waals surface area contributed by atoms with Crippen LogP contribution in [0.15, 0.2) is 30.5 Å². The molecule has 1 aromatic carbocycles. The van der Waals surface area contributed by atoms with Crippen LogP contribution in [0.2, 0.25) is 0 Å². The summed E-state index contributed by atoms with van der Waals surface area (Å²) in [4.78, 5) is 0. The SMILES string of the molecule is COC(C)(C)CCn1ccc2c(C#N)cccc21. The number of nitriles is 1. The van der Waals surface area contributed by atoms with Crippen LogP contribution < -0.4 is 0 Å². The van der Waals surface area contributed by atoms with Gasteiger partial charge in [0.05, 0.1) is 17.2 Å². The highest BCUT2D eigenvalue weighted by Crippen LogP contribution is 2.22. The Kier molecular flexibility index (Phi) is 3.40. The maximum atomic E-state index is 9.06. The van der Waals surface area contributed by atoms with E-state index in [4.69, 9.17) is 10.00 Å². The highest BCUT2D eigenvalue weighted by atomic mass is 16.5. The van der Waals surface area contributed by atoms with Gasteiger partial charge in [-0.05, 0) is 38.5 Å². The molecule has 0 saturated carbocycles. The zero-order chi connectivity index (χ0) is 13.2. The molecule has 0 bridgehead atoms. The predicted octanol–water partition coefficient (Wildman–Crippen LogP) is 3.33. The fraction of sp³-hybridized carbons (Fsp3) is 0.400. The molecule has 0 amide bonds. The Labute approximate surface area is 108 Å². The summed E-state index contributed by atoms with van der Waals surface area (Å²) in [6.45, 7) is 5.05. The van der Waals surface area contributed by atoms with Gasteiger partial charge in [-0.2, -0.15) is 5.26 Å². The van der Waals surface area contributed by atoms with Gasteiger partial charge in [-0.25, -0.2) is 0 Å². The standard InChI is InChI=1S/C15H18N2O/c1-15(2,18-3)8-10-17-9-7-13-12(11-16)5-4-6-14(13)17/h4-7,9H,8,10H2,1-3H3. The van der Waals surface area contributed by atoms with Gasteiger partial charge in [-0.1, -0.05) is 6.07 Å². The molecule has 18 heavy (non-hydrogen) atoms. The van der Waals surface area contributed by atoms with Gasteiger partial charge in [0.2, 0.25) is 0 Å². The number of aromatic nitrogens is 1. The summed E-state index contributed by atoms with van der Waals surface area (Å²) in [5.41, 5.74) is 1.72. The second-order valence-electron chi connectivity index (χ2n) is 5.07. The van der Waals surface area contributed by atoms with Gasteiger partial charge >= 0.3 is 0 Å². The van der Waals surface area contributed by atoms with Gasteiger partial charge in [-0.15, -0.1) is 0 Å². The zero-order valence-corrected chi connectivity index (χ0v) is 11.1. The van der Waals surface area contributed by atoms with Crippen molar-refractivity contribution in [3.63, 3.8) is 0 Å². The van der Waals surface area contributed by atoms with Crippen LogP contribution in [0.5, 0.6) is 0 Å². The molecule has 0 unspecified atom stereocenters. The van der Waals surface area contributed by atoms with Crippen molar-refractivity contribution in [1.29, 1.82) is 5.26 Å². The molecular formula is C15H18N2O. The van der Waals surface area contributed by atoms with Crippen LogP contribution in [0.4, 0.5) is 0 Å². The number of benzene rings is 1. The topological polar surface area (TPSA) is 38.0 Å². The third-order valence-corrected chi connectivity index (χ3v) is 3.44. The van der Waals surface area contributed by atoms with Gasteiger partial charge in [0.25, 0.3) is 0 Å². The molecule has 0 aliphatic heterocycles. The number of fused-ring (bicyclic) bond motifs is 1. The van der Waals surface area contributed by atoms with E-state index in [2.05, 4.69) is 30.6 Å². The molecule has 0 atom stereocenters. The third-order valence-electron chi connectivity index (χ3n) is 3.44. The summed E-state index contributed by atoms with van der Waals surface area (Å²) >= 11 is 0. The first kappa shape index (κ1) is 12.7. The van der Waals surface area contributed by atoms with E-state index in [0.717, 1.165) is 29.4 Å². The minimum atomic E-state index is -0.122. The Morgan fingerprint density at radius 1 is 1.33 bits per heavy atom. The summed E-state index contributed by atoms with van der Waals surface area (Å²) < 4.78 is 7.60. The van der Waals surface area contributed by atoms with Crippen LogP contribution in [0, 0.1) is 11.3 Å². The van der Waals surface area contributed by atoms with Gasteiger partial charge < -0.3 is 9.30 Å². The largest absolute Gasteiger partial charge is 0.379 e. The Morgan fingerprint density at radius 2 is 2.11 bits per heavy atom. The Balaban J connectivity index is 2.28. The van der Waals surface area contributed by atoms with E-state index in [1.165, 1.54) is 0 Å². The van der Waals surface area contributed by atoms with Gasteiger partial charge in [-0.3, -0.25) is 0 Å². The lowest BCUT2D eigenvalue weighted by Gasteiger charge is -2.23. The molecule has 3 heteroatoms. The minimum Gasteiger partial charge on any atom is -0.379 e. The smallest absolute Gasteiger partial charge is 0.0998 e. The second kappa shape index (κ2) is 4.83. The zero-order valence-electron chi connectivity index (χ0n) is 11.1. The first-order valence-corrected chi connectivity index (χ1v) is 6.10. The maximum absolute atomic E-state index is 9.06. The minimum absolute atomic E-state index is 0.122. The van der Waals surface area contributed by atoms with Crippen LogP contribution in [0.3, 0.4) is 0 Å². The number of nitrogens with zero attached hydrogens (tertiary/aromatic N) is 2. The van der Waals surface area contributed by atoms with Crippen molar-refractivity contribution in [3.05, 3.63) is 36.0 Å². The Morgan fingerprint density at radius 3 is 2.78 bits per heavy atom. The van der Waals surface area contributed by atoms with Gasteiger partial charge in [0.15, 0.2) is 0 Å². The maximum Gasteiger partial charge on any atom is 0.0998 e. The predicted molar refractivity (Wildman–Crippen MR) is 72.4 cm³/mol. The summed E-state index contributed by atoms with van der Waals surface area (Å²) in [5, 5.41) is 10.1. The van der Waals surface area contributed by atoms with Crippen molar-refractivity contribution in [3.8, 4) is 6.07 Å².